The van der Waals surface area contributed by atoms with Gasteiger partial charge in [-0.1, -0.05) is 6.07 Å². The number of anilines is 1. The van der Waals surface area contributed by atoms with E-state index in [9.17, 15) is 32.3 Å². The Hall–Kier alpha value is -5.51. The highest BCUT2D eigenvalue weighted by Crippen LogP contribution is 2.50. The summed E-state index contributed by atoms with van der Waals surface area (Å²) in [7, 11) is 0. The van der Waals surface area contributed by atoms with Crippen LogP contribution in [-0.2, 0) is 23.3 Å². The molecule has 234 valence electrons. The highest BCUT2D eigenvalue weighted by atomic mass is 19.3. The lowest BCUT2D eigenvalue weighted by Crippen LogP contribution is -2.50. The number of ether oxygens (including phenoxy) is 1. The third-order valence-electron chi connectivity index (χ3n) is 7.97. The predicted molar refractivity (Wildman–Crippen MR) is 152 cm³/mol. The zero-order chi connectivity index (χ0) is 32.4. The number of aliphatic hydroxyl groups is 1. The van der Waals surface area contributed by atoms with Crippen molar-refractivity contribution in [2.45, 2.75) is 37.5 Å². The average Bonchev–Trinajstić information content (AvgIpc) is 3.71. The van der Waals surface area contributed by atoms with Crippen LogP contribution in [0.1, 0.15) is 40.4 Å². The lowest BCUT2D eigenvalue weighted by Gasteiger charge is -2.33. The van der Waals surface area contributed by atoms with Crippen LogP contribution in [0.15, 0.2) is 55.1 Å². The Morgan fingerprint density at radius 1 is 1.02 bits per heavy atom. The quantitative estimate of drug-likeness (QED) is 0.244. The van der Waals surface area contributed by atoms with Gasteiger partial charge in [-0.15, -0.1) is 0 Å². The molecule has 16 heteroatoms. The van der Waals surface area contributed by atoms with E-state index in [1.807, 2.05) is 0 Å². The van der Waals surface area contributed by atoms with E-state index in [0.29, 0.717) is 29.6 Å². The summed E-state index contributed by atoms with van der Waals surface area (Å²) >= 11 is 0. The maximum Gasteiger partial charge on any atom is 0.482 e. The molecule has 46 heavy (non-hydrogen) atoms. The summed E-state index contributed by atoms with van der Waals surface area (Å²) in [5, 5.41) is 14.7. The zero-order valence-corrected chi connectivity index (χ0v) is 23.6. The predicted octanol–water partition coefficient (Wildman–Crippen LogP) is 3.25. The molecule has 1 aliphatic heterocycles. The van der Waals surface area contributed by atoms with Gasteiger partial charge in [0.05, 0.1) is 54.0 Å². The molecular weight excluding hydrogens is 612 g/mol. The molecule has 3 N–H and O–H groups in total. The van der Waals surface area contributed by atoms with Gasteiger partial charge in [0, 0.05) is 24.0 Å². The monoisotopic (exact) mass is 634 g/mol. The molecule has 2 aliphatic rings. The zero-order valence-electron chi connectivity index (χ0n) is 23.6. The third kappa shape index (κ3) is 4.68. The number of hydrogen-bond donors (Lipinski definition) is 2. The van der Waals surface area contributed by atoms with Crippen LogP contribution in [0, 0.1) is 11.6 Å². The van der Waals surface area contributed by atoms with E-state index in [0.717, 1.165) is 23.5 Å². The normalized spacial score (nSPS) is 16.3. The van der Waals surface area contributed by atoms with E-state index in [2.05, 4.69) is 25.0 Å². The van der Waals surface area contributed by atoms with E-state index in [4.69, 9.17) is 10.5 Å². The fourth-order valence-electron chi connectivity index (χ4n) is 5.74. The molecule has 1 saturated carbocycles. The standard InChI is InChI=1S/C30H22F4N8O4/c31-16-2-4-22(36-10-16)29(6-7-29)42-27-18(13-39-42)24(25(26(35)44)19(40-27)5-8-43)15-1-3-20-21(9-15)46-30(33,34)28(45)41(20)14-23-37-11-17(32)12-38-23/h1-4,9-13,43H,5-8,14H2,(H2,35,44). The summed E-state index contributed by atoms with van der Waals surface area (Å²) < 4.78 is 63.3. The van der Waals surface area contributed by atoms with Crippen LogP contribution >= 0.6 is 0 Å². The number of aromatic nitrogens is 6. The summed E-state index contributed by atoms with van der Waals surface area (Å²) in [6.07, 6.45) is 1.10. The van der Waals surface area contributed by atoms with E-state index < -0.39 is 47.4 Å². The number of nitrogens with zero attached hydrogens (tertiary/aromatic N) is 7. The van der Waals surface area contributed by atoms with E-state index in [-0.39, 0.29) is 46.9 Å². The van der Waals surface area contributed by atoms with Crippen molar-refractivity contribution in [2.24, 2.45) is 5.73 Å². The third-order valence-corrected chi connectivity index (χ3v) is 7.97. The minimum Gasteiger partial charge on any atom is -0.423 e. The fourth-order valence-corrected chi connectivity index (χ4v) is 5.74. The molecular formula is C30H22F4N8O4. The van der Waals surface area contributed by atoms with Crippen LogP contribution in [0.5, 0.6) is 5.75 Å². The van der Waals surface area contributed by atoms with Crippen molar-refractivity contribution in [3.8, 4) is 16.9 Å². The van der Waals surface area contributed by atoms with Crippen molar-refractivity contribution in [1.82, 2.24) is 29.7 Å². The molecule has 5 aromatic rings. The molecule has 0 atom stereocenters. The smallest absolute Gasteiger partial charge is 0.423 e. The largest absolute Gasteiger partial charge is 0.482 e. The topological polar surface area (TPSA) is 162 Å². The van der Waals surface area contributed by atoms with Gasteiger partial charge in [0.25, 0.3) is 5.91 Å². The number of nitrogens with two attached hydrogens (primary N) is 1. The molecule has 1 fully saturated rings. The van der Waals surface area contributed by atoms with Gasteiger partial charge in [0.15, 0.2) is 17.2 Å². The minimum atomic E-state index is -4.28. The number of carbonyl (C=O) groups is 2. The second kappa shape index (κ2) is 10.5. The van der Waals surface area contributed by atoms with Gasteiger partial charge in [-0.25, -0.2) is 28.4 Å². The fraction of sp³-hybridized carbons (Fsp3) is 0.233. The van der Waals surface area contributed by atoms with E-state index in [1.54, 1.807) is 10.7 Å². The molecule has 0 spiro atoms. The van der Waals surface area contributed by atoms with Crippen LogP contribution in [0.4, 0.5) is 23.2 Å². The van der Waals surface area contributed by atoms with Gasteiger partial charge in [-0.2, -0.15) is 13.9 Å². The summed E-state index contributed by atoms with van der Waals surface area (Å²) in [6, 6.07) is 6.89. The van der Waals surface area contributed by atoms with E-state index in [1.165, 1.54) is 30.5 Å². The van der Waals surface area contributed by atoms with Gasteiger partial charge in [0.2, 0.25) is 0 Å². The lowest BCUT2D eigenvalue weighted by atomic mass is 9.94. The molecule has 5 heterocycles. The van der Waals surface area contributed by atoms with Crippen LogP contribution < -0.4 is 15.4 Å². The van der Waals surface area contributed by atoms with Gasteiger partial charge in [0.1, 0.15) is 17.2 Å². The number of carbonyl (C=O) groups excluding carboxylic acids is 2. The summed E-state index contributed by atoms with van der Waals surface area (Å²) in [4.78, 5) is 42.7. The maximum atomic E-state index is 14.9. The number of halogens is 4. The van der Waals surface area contributed by atoms with Crippen molar-refractivity contribution < 1.29 is 37.0 Å². The second-order valence-electron chi connectivity index (χ2n) is 10.8. The molecule has 4 aromatic heterocycles. The number of pyridine rings is 2. The van der Waals surface area contributed by atoms with Gasteiger partial charge in [-0.3, -0.25) is 19.5 Å². The highest BCUT2D eigenvalue weighted by molar-refractivity contribution is 6.09. The Bertz CT molecular complexity index is 2030. The molecule has 0 saturated heterocycles. The van der Waals surface area contributed by atoms with Crippen molar-refractivity contribution in [3.63, 3.8) is 0 Å². The Kier molecular flexibility index (Phi) is 6.70. The van der Waals surface area contributed by atoms with Crippen molar-refractivity contribution in [1.29, 1.82) is 0 Å². The molecule has 12 nitrogen and oxygen atoms in total. The molecule has 0 unspecified atom stereocenters. The summed E-state index contributed by atoms with van der Waals surface area (Å²) in [6.45, 7) is -0.900. The molecule has 0 radical (unpaired) electrons. The maximum absolute atomic E-state index is 14.9. The number of aliphatic hydroxyl groups excluding tert-OH is 1. The minimum absolute atomic E-state index is 0.0517. The molecule has 7 rings (SSSR count). The molecule has 1 aromatic carbocycles. The molecule has 1 aliphatic carbocycles. The first kappa shape index (κ1) is 29.2. The molecule has 0 bridgehead atoms. The van der Waals surface area contributed by atoms with Crippen LogP contribution in [0.2, 0.25) is 0 Å². The number of alkyl halides is 2. The van der Waals surface area contributed by atoms with Crippen LogP contribution in [0.25, 0.3) is 22.2 Å². The average molecular weight is 635 g/mol. The van der Waals surface area contributed by atoms with Gasteiger partial charge >= 0.3 is 12.0 Å². The Labute approximate surface area is 256 Å². The number of hydrogen-bond acceptors (Lipinski definition) is 9. The summed E-state index contributed by atoms with van der Waals surface area (Å²) in [5.41, 5.74) is 6.31. The number of primary amides is 1. The van der Waals surface area contributed by atoms with Crippen molar-refractivity contribution in [3.05, 3.63) is 89.5 Å². The first-order valence-corrected chi connectivity index (χ1v) is 14.0. The Balaban J connectivity index is 1.40. The van der Waals surface area contributed by atoms with Gasteiger partial charge < -0.3 is 15.6 Å². The summed E-state index contributed by atoms with van der Waals surface area (Å²) in [5.74, 6) is -4.33. The SMILES string of the molecule is NC(=O)c1c(CCO)nc2c(cnn2C2(c3ccc(F)cn3)CC2)c1-c1ccc2c(c1)OC(F)(F)C(=O)N2Cc1ncc(F)cn1. The number of amides is 2. The first-order valence-electron chi connectivity index (χ1n) is 14.0. The Morgan fingerprint density at radius 3 is 2.41 bits per heavy atom. The van der Waals surface area contributed by atoms with E-state index >= 15 is 0 Å². The van der Waals surface area contributed by atoms with Gasteiger partial charge in [-0.05, 0) is 42.7 Å². The number of fused-ring (bicyclic) bond motifs is 2. The first-order chi connectivity index (χ1) is 22.0. The number of benzene rings is 1. The van der Waals surface area contributed by atoms with Crippen LogP contribution in [-0.4, -0.2) is 59.4 Å². The van der Waals surface area contributed by atoms with Crippen LogP contribution in [0.3, 0.4) is 0 Å². The Morgan fingerprint density at radius 2 is 1.76 bits per heavy atom. The highest BCUT2D eigenvalue weighted by Gasteiger charge is 2.51. The molecule has 2 amide bonds. The second-order valence-corrected chi connectivity index (χ2v) is 10.8. The lowest BCUT2D eigenvalue weighted by molar-refractivity contribution is -0.193. The van der Waals surface area contributed by atoms with Crippen molar-refractivity contribution in [2.75, 3.05) is 11.5 Å². The number of rotatable bonds is 8. The van der Waals surface area contributed by atoms with Crippen molar-refractivity contribution >= 4 is 28.5 Å².